The van der Waals surface area contributed by atoms with Gasteiger partial charge in [0, 0.05) is 0 Å². The van der Waals surface area contributed by atoms with Crippen LogP contribution in [0.4, 0.5) is 17.1 Å². The highest BCUT2D eigenvalue weighted by atomic mass is 35.5. The number of anilines is 2. The predicted molar refractivity (Wildman–Crippen MR) is 130 cm³/mol. The number of aliphatic imine (C=N–C) groups is 1. The Kier molecular flexibility index (Phi) is 6.10. The van der Waals surface area contributed by atoms with Crippen LogP contribution in [0.3, 0.4) is 0 Å². The molecule has 32 heavy (non-hydrogen) atoms. The first-order valence-electron chi connectivity index (χ1n) is 10.4. The molecule has 0 radical (unpaired) electrons. The third kappa shape index (κ3) is 4.58. The van der Waals surface area contributed by atoms with Crippen LogP contribution in [0.2, 0.25) is 5.02 Å². The SMILES string of the molecule is Cc1ccc(NC(=O)CN2C(=O)CC(c3ccc(C)c(C)c3)=Nc3ccccc32)c(Cl)c1. The molecule has 1 N–H and O–H groups in total. The van der Waals surface area contributed by atoms with Crippen molar-refractivity contribution in [1.29, 1.82) is 0 Å². The van der Waals surface area contributed by atoms with Crippen molar-refractivity contribution in [2.24, 2.45) is 4.99 Å². The number of benzene rings is 3. The van der Waals surface area contributed by atoms with Crippen LogP contribution in [0.1, 0.15) is 28.7 Å². The molecule has 0 aromatic heterocycles. The number of nitrogens with one attached hydrogen (secondary N) is 1. The van der Waals surface area contributed by atoms with Crippen molar-refractivity contribution >= 4 is 46.2 Å². The standard InChI is InChI=1S/C26H24ClN3O2/c1-16-8-11-21(20(27)12-16)29-25(31)15-30-24-7-5-4-6-22(24)28-23(14-26(30)32)19-10-9-17(2)18(3)13-19/h4-13H,14-15H2,1-3H3,(H,29,31). The molecule has 5 nitrogen and oxygen atoms in total. The Morgan fingerprint density at radius 2 is 1.81 bits per heavy atom. The summed E-state index contributed by atoms with van der Waals surface area (Å²) in [6, 6.07) is 18.9. The van der Waals surface area contributed by atoms with Crippen LogP contribution in [0.15, 0.2) is 65.7 Å². The van der Waals surface area contributed by atoms with Gasteiger partial charge in [0.1, 0.15) is 6.54 Å². The minimum absolute atomic E-state index is 0.107. The summed E-state index contributed by atoms with van der Waals surface area (Å²) in [4.78, 5) is 32.4. The van der Waals surface area contributed by atoms with E-state index >= 15 is 0 Å². The number of rotatable bonds is 4. The van der Waals surface area contributed by atoms with E-state index in [9.17, 15) is 9.59 Å². The number of carbonyl (C=O) groups excluding carboxylic acids is 2. The van der Waals surface area contributed by atoms with Gasteiger partial charge in [0.15, 0.2) is 0 Å². The van der Waals surface area contributed by atoms with Gasteiger partial charge >= 0.3 is 0 Å². The molecular weight excluding hydrogens is 422 g/mol. The van der Waals surface area contributed by atoms with E-state index in [0.717, 1.165) is 16.7 Å². The summed E-state index contributed by atoms with van der Waals surface area (Å²) in [6.45, 7) is 5.89. The van der Waals surface area contributed by atoms with Gasteiger partial charge in [-0.05, 0) is 73.4 Å². The van der Waals surface area contributed by atoms with Crippen LogP contribution < -0.4 is 10.2 Å². The summed E-state index contributed by atoms with van der Waals surface area (Å²) in [5, 5.41) is 3.27. The van der Waals surface area contributed by atoms with Crippen molar-refractivity contribution in [3.05, 3.63) is 87.9 Å². The van der Waals surface area contributed by atoms with Gasteiger partial charge in [-0.2, -0.15) is 0 Å². The number of aryl methyl sites for hydroxylation is 3. The fourth-order valence-corrected chi connectivity index (χ4v) is 3.94. The van der Waals surface area contributed by atoms with E-state index in [1.807, 2.05) is 62.4 Å². The fraction of sp³-hybridized carbons (Fsp3) is 0.192. The first-order chi connectivity index (χ1) is 15.3. The molecule has 6 heteroatoms. The molecule has 0 atom stereocenters. The van der Waals surface area contributed by atoms with Crippen molar-refractivity contribution in [3.8, 4) is 0 Å². The maximum Gasteiger partial charge on any atom is 0.244 e. The molecule has 0 aliphatic carbocycles. The van der Waals surface area contributed by atoms with Gasteiger partial charge in [0.05, 0.1) is 34.2 Å². The van der Waals surface area contributed by atoms with Crippen LogP contribution in [0.25, 0.3) is 0 Å². The Balaban J connectivity index is 1.62. The van der Waals surface area contributed by atoms with Crippen molar-refractivity contribution in [2.75, 3.05) is 16.8 Å². The highest BCUT2D eigenvalue weighted by Gasteiger charge is 2.27. The molecule has 162 valence electrons. The average molecular weight is 446 g/mol. The molecule has 0 spiro atoms. The third-order valence-corrected chi connectivity index (χ3v) is 5.90. The van der Waals surface area contributed by atoms with E-state index < -0.39 is 0 Å². The molecule has 3 aromatic rings. The average Bonchev–Trinajstić information content (AvgIpc) is 2.89. The maximum atomic E-state index is 13.3. The van der Waals surface area contributed by atoms with Gasteiger partial charge in [-0.15, -0.1) is 0 Å². The Hall–Kier alpha value is -3.44. The minimum Gasteiger partial charge on any atom is -0.323 e. The van der Waals surface area contributed by atoms with Crippen molar-refractivity contribution in [2.45, 2.75) is 27.2 Å². The summed E-state index contributed by atoms with van der Waals surface area (Å²) in [5.74, 6) is -0.509. The van der Waals surface area contributed by atoms with Crippen molar-refractivity contribution < 1.29 is 9.59 Å². The van der Waals surface area contributed by atoms with E-state index in [1.165, 1.54) is 10.5 Å². The summed E-state index contributed by atoms with van der Waals surface area (Å²) < 4.78 is 0. The molecule has 0 saturated carbocycles. The molecule has 1 heterocycles. The number of hydrogen-bond acceptors (Lipinski definition) is 3. The Bertz CT molecular complexity index is 1250. The Morgan fingerprint density at radius 1 is 1.03 bits per heavy atom. The number of hydrogen-bond donors (Lipinski definition) is 1. The number of carbonyl (C=O) groups is 2. The van der Waals surface area contributed by atoms with Gasteiger partial charge in [0.25, 0.3) is 0 Å². The first kappa shape index (κ1) is 21.8. The molecule has 0 bridgehead atoms. The second-order valence-corrected chi connectivity index (χ2v) is 8.44. The zero-order valence-corrected chi connectivity index (χ0v) is 19.0. The quantitative estimate of drug-likeness (QED) is 0.554. The second-order valence-electron chi connectivity index (χ2n) is 8.03. The number of nitrogens with zero attached hydrogens (tertiary/aromatic N) is 2. The molecule has 0 unspecified atom stereocenters. The topological polar surface area (TPSA) is 61.8 Å². The molecule has 0 fully saturated rings. The fourth-order valence-electron chi connectivity index (χ4n) is 3.66. The number of amides is 2. The van der Waals surface area contributed by atoms with Crippen molar-refractivity contribution in [1.82, 2.24) is 0 Å². The molecular formula is C26H24ClN3O2. The van der Waals surface area contributed by atoms with Gasteiger partial charge in [0.2, 0.25) is 11.8 Å². The summed E-state index contributed by atoms with van der Waals surface area (Å²) >= 11 is 6.25. The molecule has 0 saturated heterocycles. The lowest BCUT2D eigenvalue weighted by molar-refractivity contribution is -0.120. The lowest BCUT2D eigenvalue weighted by Gasteiger charge is -2.22. The first-order valence-corrected chi connectivity index (χ1v) is 10.8. The van der Waals surface area contributed by atoms with Gasteiger partial charge in [-0.3, -0.25) is 14.6 Å². The Labute approximate surface area is 192 Å². The van der Waals surface area contributed by atoms with E-state index in [4.69, 9.17) is 16.6 Å². The van der Waals surface area contributed by atoms with Crippen molar-refractivity contribution in [3.63, 3.8) is 0 Å². The van der Waals surface area contributed by atoms with Gasteiger partial charge in [-0.1, -0.05) is 41.9 Å². The lowest BCUT2D eigenvalue weighted by Crippen LogP contribution is -2.38. The van der Waals surface area contributed by atoms with Gasteiger partial charge < -0.3 is 10.2 Å². The highest BCUT2D eigenvalue weighted by Crippen LogP contribution is 2.33. The Morgan fingerprint density at radius 3 is 2.56 bits per heavy atom. The zero-order valence-electron chi connectivity index (χ0n) is 18.3. The van der Waals surface area contributed by atoms with E-state index in [2.05, 4.69) is 12.2 Å². The van der Waals surface area contributed by atoms with Crippen LogP contribution in [-0.4, -0.2) is 24.1 Å². The molecule has 4 rings (SSSR count). The monoisotopic (exact) mass is 445 g/mol. The van der Waals surface area contributed by atoms with Gasteiger partial charge in [-0.25, -0.2) is 0 Å². The van der Waals surface area contributed by atoms with Crippen LogP contribution in [-0.2, 0) is 9.59 Å². The summed E-state index contributed by atoms with van der Waals surface area (Å²) in [7, 11) is 0. The molecule has 3 aromatic carbocycles. The van der Waals surface area contributed by atoms with Crippen LogP contribution >= 0.6 is 11.6 Å². The largest absolute Gasteiger partial charge is 0.323 e. The summed E-state index contributed by atoms with van der Waals surface area (Å²) in [6.07, 6.45) is 0.107. The molecule has 2 amide bonds. The lowest BCUT2D eigenvalue weighted by atomic mass is 10.0. The molecule has 1 aliphatic heterocycles. The summed E-state index contributed by atoms with van der Waals surface area (Å²) in [5.41, 5.74) is 6.72. The maximum absolute atomic E-state index is 13.3. The minimum atomic E-state index is -0.325. The number of para-hydroxylation sites is 2. The number of halogens is 1. The number of fused-ring (bicyclic) bond motifs is 1. The molecule has 1 aliphatic rings. The highest BCUT2D eigenvalue weighted by molar-refractivity contribution is 6.33. The third-order valence-electron chi connectivity index (χ3n) is 5.59. The van der Waals surface area contributed by atoms with Crippen LogP contribution in [0, 0.1) is 20.8 Å². The van der Waals surface area contributed by atoms with E-state index in [0.29, 0.717) is 27.8 Å². The normalized spacial score (nSPS) is 13.3. The zero-order chi connectivity index (χ0) is 22.8. The second kappa shape index (κ2) is 8.97. The van der Waals surface area contributed by atoms with Crippen LogP contribution in [0.5, 0.6) is 0 Å². The smallest absolute Gasteiger partial charge is 0.244 e. The predicted octanol–water partition coefficient (Wildman–Crippen LogP) is 5.76. The van der Waals surface area contributed by atoms with E-state index in [1.54, 1.807) is 12.1 Å². The van der Waals surface area contributed by atoms with E-state index in [-0.39, 0.29) is 24.8 Å².